The summed E-state index contributed by atoms with van der Waals surface area (Å²) in [5.74, 6) is -0.487. The van der Waals surface area contributed by atoms with E-state index in [0.717, 1.165) is 0 Å². The first-order valence-electron chi connectivity index (χ1n) is 5.29. The molecule has 0 saturated heterocycles. The third kappa shape index (κ3) is 2.54. The Morgan fingerprint density at radius 1 is 1.32 bits per heavy atom. The third-order valence-corrected chi connectivity index (χ3v) is 2.47. The van der Waals surface area contributed by atoms with Gasteiger partial charge in [-0.3, -0.25) is 10.1 Å². The summed E-state index contributed by atoms with van der Waals surface area (Å²) in [6.45, 7) is 1.48. The number of aromatic hydroxyl groups is 2. The molecule has 0 aliphatic rings. The SMILES string of the molecule is Cc1noc(/C=C/c2ccc(O)c(O)c2)c1[N+](=O)[O-]. The quantitative estimate of drug-likeness (QED) is 0.499. The number of phenols is 2. The molecule has 7 heteroatoms. The molecule has 1 aromatic carbocycles. The minimum atomic E-state index is -0.570. The molecular formula is C12H10N2O5. The van der Waals surface area contributed by atoms with Crippen LogP contribution in [0.2, 0.25) is 0 Å². The van der Waals surface area contributed by atoms with Crippen molar-refractivity contribution in [2.24, 2.45) is 0 Å². The van der Waals surface area contributed by atoms with Crippen LogP contribution in [0.5, 0.6) is 11.5 Å². The van der Waals surface area contributed by atoms with Crippen molar-refractivity contribution in [1.29, 1.82) is 0 Å². The molecular weight excluding hydrogens is 252 g/mol. The average Bonchev–Trinajstić information content (AvgIpc) is 2.72. The highest BCUT2D eigenvalue weighted by molar-refractivity contribution is 5.72. The summed E-state index contributed by atoms with van der Waals surface area (Å²) in [5.41, 5.74) is 0.552. The minimum Gasteiger partial charge on any atom is -0.504 e. The number of aryl methyl sites for hydroxylation is 1. The number of aromatic nitrogens is 1. The van der Waals surface area contributed by atoms with Gasteiger partial charge in [0.15, 0.2) is 17.2 Å². The van der Waals surface area contributed by atoms with Crippen molar-refractivity contribution in [3.05, 3.63) is 45.3 Å². The molecule has 0 bridgehead atoms. The van der Waals surface area contributed by atoms with E-state index in [0.29, 0.717) is 5.56 Å². The summed E-state index contributed by atoms with van der Waals surface area (Å²) in [5, 5.41) is 32.8. The summed E-state index contributed by atoms with van der Waals surface area (Å²) in [6.07, 6.45) is 2.88. The number of hydrogen-bond donors (Lipinski definition) is 2. The predicted molar refractivity (Wildman–Crippen MR) is 66.6 cm³/mol. The summed E-state index contributed by atoms with van der Waals surface area (Å²) in [4.78, 5) is 10.2. The zero-order chi connectivity index (χ0) is 14.0. The van der Waals surface area contributed by atoms with E-state index in [1.165, 1.54) is 31.2 Å². The van der Waals surface area contributed by atoms with Crippen molar-refractivity contribution < 1.29 is 19.7 Å². The number of benzene rings is 1. The van der Waals surface area contributed by atoms with E-state index in [9.17, 15) is 15.2 Å². The molecule has 98 valence electrons. The third-order valence-electron chi connectivity index (χ3n) is 2.47. The zero-order valence-electron chi connectivity index (χ0n) is 9.90. The molecule has 0 amide bonds. The van der Waals surface area contributed by atoms with E-state index < -0.39 is 4.92 Å². The Hall–Kier alpha value is -2.83. The van der Waals surface area contributed by atoms with Crippen LogP contribution in [0.15, 0.2) is 22.7 Å². The van der Waals surface area contributed by atoms with E-state index in [1.54, 1.807) is 6.07 Å². The smallest absolute Gasteiger partial charge is 0.338 e. The van der Waals surface area contributed by atoms with Crippen LogP contribution in [0.4, 0.5) is 5.69 Å². The number of hydrogen-bond acceptors (Lipinski definition) is 6. The molecule has 0 aliphatic heterocycles. The van der Waals surface area contributed by atoms with Crippen LogP contribution in [0, 0.1) is 17.0 Å². The summed E-state index contributed by atoms with van der Waals surface area (Å²) in [6, 6.07) is 4.18. The highest BCUT2D eigenvalue weighted by Crippen LogP contribution is 2.27. The second kappa shape index (κ2) is 4.81. The zero-order valence-corrected chi connectivity index (χ0v) is 9.90. The minimum absolute atomic E-state index is 0.0232. The molecule has 2 rings (SSSR count). The maximum Gasteiger partial charge on any atom is 0.338 e. The van der Waals surface area contributed by atoms with Crippen molar-refractivity contribution in [3.63, 3.8) is 0 Å². The Labute approximate surface area is 107 Å². The van der Waals surface area contributed by atoms with Gasteiger partial charge in [0.1, 0.15) is 0 Å². The second-order valence-corrected chi connectivity index (χ2v) is 3.82. The Morgan fingerprint density at radius 2 is 2.05 bits per heavy atom. The number of phenolic OH excluding ortho intramolecular Hbond substituents is 2. The Kier molecular flexibility index (Phi) is 3.19. The molecule has 0 fully saturated rings. The van der Waals surface area contributed by atoms with Crippen molar-refractivity contribution in [3.8, 4) is 11.5 Å². The molecule has 19 heavy (non-hydrogen) atoms. The molecule has 0 unspecified atom stereocenters. The van der Waals surface area contributed by atoms with Crippen molar-refractivity contribution in [2.75, 3.05) is 0 Å². The number of nitrogens with zero attached hydrogens (tertiary/aromatic N) is 2. The van der Waals surface area contributed by atoms with Gasteiger partial charge in [0.2, 0.25) is 5.76 Å². The second-order valence-electron chi connectivity index (χ2n) is 3.82. The molecule has 1 aromatic heterocycles. The van der Waals surface area contributed by atoms with Gasteiger partial charge in [0.25, 0.3) is 0 Å². The first-order chi connectivity index (χ1) is 8.99. The first-order valence-corrected chi connectivity index (χ1v) is 5.29. The average molecular weight is 262 g/mol. The van der Waals surface area contributed by atoms with E-state index in [4.69, 9.17) is 9.63 Å². The summed E-state index contributed by atoms with van der Waals surface area (Å²) >= 11 is 0. The summed E-state index contributed by atoms with van der Waals surface area (Å²) < 4.78 is 4.84. The lowest BCUT2D eigenvalue weighted by Gasteiger charge is -1.97. The fraction of sp³-hybridized carbons (Fsp3) is 0.0833. The largest absolute Gasteiger partial charge is 0.504 e. The van der Waals surface area contributed by atoms with Crippen molar-refractivity contribution in [2.45, 2.75) is 6.92 Å². The normalized spacial score (nSPS) is 11.0. The van der Waals surface area contributed by atoms with Gasteiger partial charge < -0.3 is 14.7 Å². The molecule has 7 nitrogen and oxygen atoms in total. The van der Waals surface area contributed by atoms with Crippen LogP contribution >= 0.6 is 0 Å². The standard InChI is InChI=1S/C12H10N2O5/c1-7-12(14(17)18)11(19-13-7)5-3-8-2-4-9(15)10(16)6-8/h2-6,15-16H,1H3/b5-3+. The van der Waals surface area contributed by atoms with Gasteiger partial charge in [-0.1, -0.05) is 17.3 Å². The highest BCUT2D eigenvalue weighted by atomic mass is 16.6. The van der Waals surface area contributed by atoms with E-state index in [-0.39, 0.29) is 28.6 Å². The van der Waals surface area contributed by atoms with Gasteiger partial charge in [-0.2, -0.15) is 0 Å². The predicted octanol–water partition coefficient (Wildman–Crippen LogP) is 2.47. The fourth-order valence-electron chi connectivity index (χ4n) is 1.53. The Bertz CT molecular complexity index is 660. The highest BCUT2D eigenvalue weighted by Gasteiger charge is 2.21. The number of nitro groups is 1. The van der Waals surface area contributed by atoms with E-state index in [1.807, 2.05) is 0 Å². The Morgan fingerprint density at radius 3 is 2.68 bits per heavy atom. The van der Waals surface area contributed by atoms with Crippen LogP contribution in [0.3, 0.4) is 0 Å². The van der Waals surface area contributed by atoms with Gasteiger partial charge in [0.05, 0.1) is 4.92 Å². The van der Waals surface area contributed by atoms with Crippen molar-refractivity contribution >= 4 is 17.8 Å². The molecule has 0 aliphatic carbocycles. The number of rotatable bonds is 3. The van der Waals surface area contributed by atoms with Crippen LogP contribution < -0.4 is 0 Å². The topological polar surface area (TPSA) is 110 Å². The lowest BCUT2D eigenvalue weighted by Crippen LogP contribution is -1.90. The van der Waals surface area contributed by atoms with Crippen LogP contribution in [-0.2, 0) is 0 Å². The molecule has 0 radical (unpaired) electrons. The van der Waals surface area contributed by atoms with Crippen molar-refractivity contribution in [1.82, 2.24) is 5.16 Å². The first kappa shape index (κ1) is 12.6. The van der Waals surface area contributed by atoms with E-state index >= 15 is 0 Å². The monoisotopic (exact) mass is 262 g/mol. The molecule has 0 spiro atoms. The van der Waals surface area contributed by atoms with Gasteiger partial charge >= 0.3 is 5.69 Å². The molecule has 0 saturated carbocycles. The molecule has 1 heterocycles. The maximum absolute atomic E-state index is 10.8. The van der Waals surface area contributed by atoms with Crippen LogP contribution in [0.25, 0.3) is 12.2 Å². The van der Waals surface area contributed by atoms with E-state index in [2.05, 4.69) is 5.16 Å². The lowest BCUT2D eigenvalue weighted by molar-refractivity contribution is -0.386. The lowest BCUT2D eigenvalue weighted by atomic mass is 10.1. The summed E-state index contributed by atoms with van der Waals surface area (Å²) in [7, 11) is 0. The maximum atomic E-state index is 10.8. The van der Waals surface area contributed by atoms with Gasteiger partial charge in [-0.25, -0.2) is 0 Å². The van der Waals surface area contributed by atoms with Gasteiger partial charge in [-0.05, 0) is 30.7 Å². The molecule has 2 N–H and O–H groups in total. The van der Waals surface area contributed by atoms with Gasteiger partial charge in [-0.15, -0.1) is 0 Å². The van der Waals surface area contributed by atoms with Crippen LogP contribution in [-0.4, -0.2) is 20.3 Å². The molecule has 2 aromatic rings. The fourth-order valence-corrected chi connectivity index (χ4v) is 1.53. The Balaban J connectivity index is 2.32. The van der Waals surface area contributed by atoms with Gasteiger partial charge in [0, 0.05) is 0 Å². The van der Waals surface area contributed by atoms with Crippen LogP contribution in [0.1, 0.15) is 17.0 Å². The molecule has 0 atom stereocenters.